The summed E-state index contributed by atoms with van der Waals surface area (Å²) in [7, 11) is 0. The Kier molecular flexibility index (Phi) is 5.58. The molecule has 3 rings (SSSR count). The van der Waals surface area contributed by atoms with Gasteiger partial charge >= 0.3 is 0 Å². The van der Waals surface area contributed by atoms with E-state index in [-0.39, 0.29) is 17.9 Å². The molecule has 26 heavy (non-hydrogen) atoms. The molecule has 0 saturated heterocycles. The molecular weight excluding hydrogens is 387 g/mol. The van der Waals surface area contributed by atoms with Crippen molar-refractivity contribution in [2.45, 2.75) is 35.3 Å². The number of halogens is 3. The Morgan fingerprint density at radius 3 is 2.81 bits per heavy atom. The fourth-order valence-electron chi connectivity index (χ4n) is 2.42. The van der Waals surface area contributed by atoms with Gasteiger partial charge in [0.05, 0.1) is 6.54 Å². The highest BCUT2D eigenvalue weighted by molar-refractivity contribution is 8.01. The summed E-state index contributed by atoms with van der Waals surface area (Å²) in [6.07, 6.45) is 2.67. The summed E-state index contributed by atoms with van der Waals surface area (Å²) in [5, 5.41) is 14.6. The molecule has 138 valence electrons. The highest BCUT2D eigenvalue weighted by atomic mass is 32.2. The number of aromatic nitrogens is 5. The number of thioether (sulfide) groups is 1. The van der Waals surface area contributed by atoms with Crippen LogP contribution in [0.3, 0.4) is 0 Å². The van der Waals surface area contributed by atoms with E-state index >= 15 is 0 Å². The Morgan fingerprint density at radius 2 is 2.19 bits per heavy atom. The molecule has 0 bridgehead atoms. The molecule has 0 saturated carbocycles. The van der Waals surface area contributed by atoms with Gasteiger partial charge in [-0.1, -0.05) is 17.8 Å². The van der Waals surface area contributed by atoms with Crippen LogP contribution in [0.5, 0.6) is 0 Å². The number of hydrogen-bond acceptors (Lipinski definition) is 7. The van der Waals surface area contributed by atoms with Crippen LogP contribution in [0, 0.1) is 11.6 Å². The number of rotatable bonds is 7. The van der Waals surface area contributed by atoms with Gasteiger partial charge in [0.1, 0.15) is 29.9 Å². The molecule has 2 aromatic heterocycles. The van der Waals surface area contributed by atoms with E-state index in [1.807, 2.05) is 0 Å². The molecule has 0 aliphatic rings. The zero-order valence-corrected chi connectivity index (χ0v) is 15.1. The topological polar surface area (TPSA) is 76.7 Å². The molecule has 1 aromatic carbocycles. The summed E-state index contributed by atoms with van der Waals surface area (Å²) in [5.74, 6) is -1.56. The SMILES string of the molecule is C[C@@H](Sc1nc(CF)ns1)C(O)(Cn1cncn1)c1ccc(F)cc1F. The Hall–Kier alpha value is -1.98. The van der Waals surface area contributed by atoms with Gasteiger partial charge in [0.2, 0.25) is 0 Å². The van der Waals surface area contributed by atoms with Crippen molar-refractivity contribution in [2.24, 2.45) is 0 Å². The minimum atomic E-state index is -1.75. The van der Waals surface area contributed by atoms with Gasteiger partial charge in [-0.2, -0.15) is 9.47 Å². The van der Waals surface area contributed by atoms with Crippen LogP contribution in [0.4, 0.5) is 13.2 Å². The zero-order chi connectivity index (χ0) is 18.7. The van der Waals surface area contributed by atoms with E-state index in [4.69, 9.17) is 0 Å². The van der Waals surface area contributed by atoms with Crippen LogP contribution < -0.4 is 0 Å². The summed E-state index contributed by atoms with van der Waals surface area (Å²) in [4.78, 5) is 7.82. The molecule has 0 fully saturated rings. The van der Waals surface area contributed by atoms with Crippen LogP contribution in [-0.4, -0.2) is 34.5 Å². The van der Waals surface area contributed by atoms with Crippen molar-refractivity contribution in [3.63, 3.8) is 0 Å². The van der Waals surface area contributed by atoms with E-state index < -0.39 is 29.2 Å². The summed E-state index contributed by atoms with van der Waals surface area (Å²) < 4.78 is 46.0. The van der Waals surface area contributed by atoms with E-state index in [0.717, 1.165) is 29.4 Å². The predicted octanol–water partition coefficient (Wildman–Crippen LogP) is 2.95. The molecule has 0 aliphatic carbocycles. The lowest BCUT2D eigenvalue weighted by atomic mass is 9.90. The third-order valence-corrected chi connectivity index (χ3v) is 5.88. The van der Waals surface area contributed by atoms with Gasteiger partial charge in [0.25, 0.3) is 0 Å². The number of benzene rings is 1. The van der Waals surface area contributed by atoms with Gasteiger partial charge < -0.3 is 5.11 Å². The summed E-state index contributed by atoms with van der Waals surface area (Å²) in [6.45, 7) is 0.765. The standard InChI is InChI=1S/C15H14F3N5OS2/c1-9(25-14-21-13(5-16)22-26-14)15(24,6-23-8-19-7-20-23)11-3-2-10(17)4-12(11)18/h2-4,7-9,24H,5-6H2,1H3/t9-,15?/m1/s1. The maximum atomic E-state index is 14.4. The highest BCUT2D eigenvalue weighted by Crippen LogP contribution is 2.39. The predicted molar refractivity (Wildman–Crippen MR) is 90.3 cm³/mol. The molecule has 11 heteroatoms. The molecule has 1 unspecified atom stereocenters. The summed E-state index contributed by atoms with van der Waals surface area (Å²) in [5.41, 5.74) is -1.83. The van der Waals surface area contributed by atoms with Crippen molar-refractivity contribution in [1.29, 1.82) is 0 Å². The Morgan fingerprint density at radius 1 is 1.38 bits per heavy atom. The molecule has 2 atom stereocenters. The lowest BCUT2D eigenvalue weighted by Gasteiger charge is -2.33. The van der Waals surface area contributed by atoms with Crippen molar-refractivity contribution in [3.8, 4) is 0 Å². The van der Waals surface area contributed by atoms with E-state index in [2.05, 4.69) is 19.4 Å². The minimum absolute atomic E-state index is 0.0532. The van der Waals surface area contributed by atoms with Crippen molar-refractivity contribution in [2.75, 3.05) is 0 Å². The van der Waals surface area contributed by atoms with E-state index in [1.165, 1.54) is 23.4 Å². The molecule has 0 aliphatic heterocycles. The molecule has 6 nitrogen and oxygen atoms in total. The summed E-state index contributed by atoms with van der Waals surface area (Å²) >= 11 is 2.11. The normalized spacial score (nSPS) is 15.0. The Labute approximate surface area is 155 Å². The van der Waals surface area contributed by atoms with Crippen LogP contribution in [0.15, 0.2) is 35.2 Å². The second-order valence-electron chi connectivity index (χ2n) is 5.51. The largest absolute Gasteiger partial charge is 0.382 e. The monoisotopic (exact) mass is 401 g/mol. The smallest absolute Gasteiger partial charge is 0.174 e. The van der Waals surface area contributed by atoms with Crippen LogP contribution >= 0.6 is 23.3 Å². The van der Waals surface area contributed by atoms with Gasteiger partial charge in [-0.3, -0.25) is 0 Å². The van der Waals surface area contributed by atoms with Crippen LogP contribution in [0.2, 0.25) is 0 Å². The maximum absolute atomic E-state index is 14.4. The Bertz CT molecular complexity index is 876. The first-order chi connectivity index (χ1) is 12.4. The molecule has 0 radical (unpaired) electrons. The third-order valence-electron chi connectivity index (χ3n) is 3.79. The fourth-order valence-corrected chi connectivity index (χ4v) is 4.42. The van der Waals surface area contributed by atoms with Crippen molar-refractivity contribution < 1.29 is 18.3 Å². The number of aliphatic hydroxyl groups is 1. The van der Waals surface area contributed by atoms with Gasteiger partial charge in [-0.15, -0.1) is 0 Å². The fraction of sp³-hybridized carbons (Fsp3) is 0.333. The molecular formula is C15H14F3N5OS2. The number of nitrogens with zero attached hydrogens (tertiary/aromatic N) is 5. The minimum Gasteiger partial charge on any atom is -0.382 e. The van der Waals surface area contributed by atoms with E-state index in [0.29, 0.717) is 10.4 Å². The summed E-state index contributed by atoms with van der Waals surface area (Å²) in [6, 6.07) is 2.99. The van der Waals surface area contributed by atoms with Crippen molar-refractivity contribution in [3.05, 3.63) is 53.9 Å². The lowest BCUT2D eigenvalue weighted by Crippen LogP contribution is -2.41. The first-order valence-electron chi connectivity index (χ1n) is 7.48. The average Bonchev–Trinajstić information content (AvgIpc) is 3.26. The molecule has 0 spiro atoms. The van der Waals surface area contributed by atoms with Crippen molar-refractivity contribution >= 4 is 23.3 Å². The van der Waals surface area contributed by atoms with Crippen molar-refractivity contribution in [1.82, 2.24) is 24.1 Å². The number of alkyl halides is 1. The zero-order valence-electron chi connectivity index (χ0n) is 13.5. The molecule has 3 aromatic rings. The van der Waals surface area contributed by atoms with Crippen LogP contribution in [0.1, 0.15) is 18.3 Å². The van der Waals surface area contributed by atoms with Gasteiger partial charge in [0.15, 0.2) is 16.8 Å². The number of hydrogen-bond donors (Lipinski definition) is 1. The molecule has 1 N–H and O–H groups in total. The first-order valence-corrected chi connectivity index (χ1v) is 9.13. The molecule has 2 heterocycles. The van der Waals surface area contributed by atoms with Gasteiger partial charge in [0, 0.05) is 16.9 Å². The van der Waals surface area contributed by atoms with Gasteiger partial charge in [-0.05, 0) is 24.5 Å². The second-order valence-corrected chi connectivity index (χ2v) is 7.85. The quantitative estimate of drug-likeness (QED) is 0.614. The maximum Gasteiger partial charge on any atom is 0.174 e. The highest BCUT2D eigenvalue weighted by Gasteiger charge is 2.40. The second kappa shape index (κ2) is 7.72. The Balaban J connectivity index is 1.95. The van der Waals surface area contributed by atoms with E-state index in [1.54, 1.807) is 6.92 Å². The van der Waals surface area contributed by atoms with Gasteiger partial charge in [-0.25, -0.2) is 27.8 Å². The third kappa shape index (κ3) is 3.89. The van der Waals surface area contributed by atoms with E-state index in [9.17, 15) is 18.3 Å². The van der Waals surface area contributed by atoms with Crippen LogP contribution in [-0.2, 0) is 18.8 Å². The first kappa shape index (κ1) is 18.8. The lowest BCUT2D eigenvalue weighted by molar-refractivity contribution is 0.0133. The average molecular weight is 401 g/mol. The van der Waals surface area contributed by atoms with Crippen LogP contribution in [0.25, 0.3) is 0 Å². The molecule has 0 amide bonds.